The van der Waals surface area contributed by atoms with Crippen molar-refractivity contribution in [2.45, 2.75) is 31.7 Å². The molecule has 24 heavy (non-hydrogen) atoms. The number of nitrogens with one attached hydrogen (secondary N) is 1. The summed E-state index contributed by atoms with van der Waals surface area (Å²) in [6.07, 6.45) is 6.24. The maximum absolute atomic E-state index is 12.4. The van der Waals surface area contributed by atoms with Crippen molar-refractivity contribution >= 4 is 11.7 Å². The number of likely N-dealkylation sites (N-methyl/N-ethyl adjacent to an activating group) is 1. The van der Waals surface area contributed by atoms with Gasteiger partial charge in [0.05, 0.1) is 18.4 Å². The van der Waals surface area contributed by atoms with Crippen molar-refractivity contribution in [1.29, 1.82) is 5.26 Å². The zero-order chi connectivity index (χ0) is 16.9. The lowest BCUT2D eigenvalue weighted by atomic mass is 10.2. The first-order valence-electron chi connectivity index (χ1n) is 8.22. The van der Waals surface area contributed by atoms with E-state index in [0.29, 0.717) is 24.0 Å². The summed E-state index contributed by atoms with van der Waals surface area (Å²) in [4.78, 5) is 14.5. The Labute approximate surface area is 141 Å². The van der Waals surface area contributed by atoms with E-state index in [0.717, 1.165) is 18.5 Å². The number of para-hydroxylation sites is 1. The Morgan fingerprint density at radius 3 is 2.75 bits per heavy atom. The van der Waals surface area contributed by atoms with Crippen LogP contribution in [0.15, 0.2) is 36.5 Å². The minimum Gasteiger partial charge on any atom is -0.308 e. The molecule has 1 heterocycles. The van der Waals surface area contributed by atoms with E-state index in [1.54, 1.807) is 4.68 Å². The number of amides is 1. The third-order valence-electron chi connectivity index (χ3n) is 4.49. The number of hydrogen-bond acceptors (Lipinski definition) is 4. The van der Waals surface area contributed by atoms with Gasteiger partial charge >= 0.3 is 0 Å². The average molecular weight is 323 g/mol. The monoisotopic (exact) mass is 323 g/mol. The van der Waals surface area contributed by atoms with Gasteiger partial charge in [-0.15, -0.1) is 0 Å². The Hall–Kier alpha value is -2.65. The van der Waals surface area contributed by atoms with Crippen LogP contribution in [0.4, 0.5) is 5.82 Å². The Morgan fingerprint density at radius 2 is 2.08 bits per heavy atom. The molecular formula is C18H21N5O. The van der Waals surface area contributed by atoms with Crippen molar-refractivity contribution in [3.63, 3.8) is 0 Å². The molecule has 3 rings (SSSR count). The van der Waals surface area contributed by atoms with Gasteiger partial charge in [-0.1, -0.05) is 31.0 Å². The lowest BCUT2D eigenvalue weighted by molar-refractivity contribution is -0.117. The zero-order valence-electron chi connectivity index (χ0n) is 13.8. The minimum absolute atomic E-state index is 0.126. The fourth-order valence-corrected chi connectivity index (χ4v) is 3.19. The Balaban J connectivity index is 1.75. The van der Waals surface area contributed by atoms with Crippen LogP contribution in [0.2, 0.25) is 0 Å². The molecule has 1 aliphatic carbocycles. The normalized spacial score (nSPS) is 14.7. The standard InChI is InChI=1S/C18H21N5O/c1-22(15-7-5-6-8-15)13-17(24)21-18-14(11-19)12-20-23(18)16-9-3-2-4-10-16/h2-4,9-10,12,15H,5-8,13H2,1H3,(H,21,24). The highest BCUT2D eigenvalue weighted by Gasteiger charge is 2.22. The molecule has 1 aromatic carbocycles. The topological polar surface area (TPSA) is 74.0 Å². The van der Waals surface area contributed by atoms with Gasteiger partial charge in [-0.2, -0.15) is 10.4 Å². The Morgan fingerprint density at radius 1 is 1.38 bits per heavy atom. The lowest BCUT2D eigenvalue weighted by Crippen LogP contribution is -2.36. The fraction of sp³-hybridized carbons (Fsp3) is 0.389. The van der Waals surface area contributed by atoms with Crippen LogP contribution in [0, 0.1) is 11.3 Å². The SMILES string of the molecule is CN(CC(=O)Nc1c(C#N)cnn1-c1ccccc1)C1CCCC1. The largest absolute Gasteiger partial charge is 0.308 e. The molecule has 1 N–H and O–H groups in total. The second kappa shape index (κ2) is 7.28. The van der Waals surface area contributed by atoms with E-state index in [2.05, 4.69) is 21.4 Å². The number of carbonyl (C=O) groups is 1. The molecule has 6 heteroatoms. The molecular weight excluding hydrogens is 302 g/mol. The van der Waals surface area contributed by atoms with E-state index in [1.165, 1.54) is 19.0 Å². The predicted octanol–water partition coefficient (Wildman–Crippen LogP) is 2.56. The molecule has 1 aromatic heterocycles. The van der Waals surface area contributed by atoms with Crippen LogP contribution >= 0.6 is 0 Å². The van der Waals surface area contributed by atoms with E-state index in [4.69, 9.17) is 0 Å². The van der Waals surface area contributed by atoms with Crippen molar-refractivity contribution in [1.82, 2.24) is 14.7 Å². The van der Waals surface area contributed by atoms with Crippen LogP contribution in [-0.4, -0.2) is 40.2 Å². The number of aromatic nitrogens is 2. The summed E-state index contributed by atoms with van der Waals surface area (Å²) in [7, 11) is 1.98. The maximum Gasteiger partial charge on any atom is 0.239 e. The summed E-state index contributed by atoms with van der Waals surface area (Å²) in [6.45, 7) is 0.315. The number of hydrogen-bond donors (Lipinski definition) is 1. The molecule has 6 nitrogen and oxygen atoms in total. The second-order valence-electron chi connectivity index (χ2n) is 6.17. The summed E-state index contributed by atoms with van der Waals surface area (Å²) >= 11 is 0. The minimum atomic E-state index is -0.126. The zero-order valence-corrected chi connectivity index (χ0v) is 13.8. The van der Waals surface area contributed by atoms with Crippen molar-refractivity contribution in [2.75, 3.05) is 18.9 Å². The van der Waals surface area contributed by atoms with Crippen LogP contribution < -0.4 is 5.32 Å². The third-order valence-corrected chi connectivity index (χ3v) is 4.49. The van der Waals surface area contributed by atoms with E-state index >= 15 is 0 Å². The molecule has 1 aliphatic rings. The Kier molecular flexibility index (Phi) is 4.92. The number of anilines is 1. The molecule has 0 spiro atoms. The first kappa shape index (κ1) is 16.2. The van der Waals surface area contributed by atoms with E-state index < -0.39 is 0 Å². The molecule has 1 saturated carbocycles. The van der Waals surface area contributed by atoms with E-state index in [1.807, 2.05) is 37.4 Å². The Bertz CT molecular complexity index is 741. The van der Waals surface area contributed by atoms with Crippen LogP contribution in [0.1, 0.15) is 31.2 Å². The molecule has 2 aromatic rings. The van der Waals surface area contributed by atoms with Crippen LogP contribution in [0.5, 0.6) is 0 Å². The number of carbonyl (C=O) groups excluding carboxylic acids is 1. The summed E-state index contributed by atoms with van der Waals surface area (Å²) in [5.74, 6) is 0.298. The van der Waals surface area contributed by atoms with Gasteiger partial charge in [0, 0.05) is 6.04 Å². The summed E-state index contributed by atoms with van der Waals surface area (Å²) in [6, 6.07) is 12.0. The first-order chi connectivity index (χ1) is 11.7. The van der Waals surface area contributed by atoms with Gasteiger partial charge in [0.2, 0.25) is 5.91 Å². The molecule has 0 atom stereocenters. The van der Waals surface area contributed by atoms with Gasteiger partial charge in [0.25, 0.3) is 0 Å². The van der Waals surface area contributed by atoms with Gasteiger partial charge in [0.1, 0.15) is 11.6 Å². The highest BCUT2D eigenvalue weighted by molar-refractivity contribution is 5.92. The van der Waals surface area contributed by atoms with Crippen molar-refractivity contribution in [3.8, 4) is 11.8 Å². The number of benzene rings is 1. The number of nitriles is 1. The molecule has 0 unspecified atom stereocenters. The van der Waals surface area contributed by atoms with Gasteiger partial charge in [0.15, 0.2) is 5.82 Å². The highest BCUT2D eigenvalue weighted by Crippen LogP contribution is 2.23. The lowest BCUT2D eigenvalue weighted by Gasteiger charge is -2.23. The van der Waals surface area contributed by atoms with Gasteiger partial charge in [-0.3, -0.25) is 9.69 Å². The summed E-state index contributed by atoms with van der Waals surface area (Å²) in [5, 5.41) is 16.4. The van der Waals surface area contributed by atoms with Crippen LogP contribution in [0.25, 0.3) is 5.69 Å². The number of rotatable bonds is 5. The highest BCUT2D eigenvalue weighted by atomic mass is 16.2. The molecule has 124 valence electrons. The molecule has 1 fully saturated rings. The summed E-state index contributed by atoms with van der Waals surface area (Å²) in [5.41, 5.74) is 1.16. The molecule has 0 bridgehead atoms. The van der Waals surface area contributed by atoms with Crippen molar-refractivity contribution < 1.29 is 4.79 Å². The van der Waals surface area contributed by atoms with Gasteiger partial charge < -0.3 is 5.32 Å². The first-order valence-corrected chi connectivity index (χ1v) is 8.22. The molecule has 0 radical (unpaired) electrons. The van der Waals surface area contributed by atoms with Gasteiger partial charge in [-0.25, -0.2) is 4.68 Å². The molecule has 0 saturated heterocycles. The summed E-state index contributed by atoms with van der Waals surface area (Å²) < 4.78 is 1.59. The van der Waals surface area contributed by atoms with E-state index in [-0.39, 0.29) is 5.91 Å². The predicted molar refractivity (Wildman–Crippen MR) is 91.8 cm³/mol. The molecule has 0 aliphatic heterocycles. The quantitative estimate of drug-likeness (QED) is 0.917. The third kappa shape index (κ3) is 3.47. The number of nitrogens with zero attached hydrogens (tertiary/aromatic N) is 4. The second-order valence-corrected chi connectivity index (χ2v) is 6.17. The van der Waals surface area contributed by atoms with Crippen LogP contribution in [-0.2, 0) is 4.79 Å². The van der Waals surface area contributed by atoms with E-state index in [9.17, 15) is 10.1 Å². The van der Waals surface area contributed by atoms with Crippen LogP contribution in [0.3, 0.4) is 0 Å². The fourth-order valence-electron chi connectivity index (χ4n) is 3.19. The average Bonchev–Trinajstić information content (AvgIpc) is 3.25. The maximum atomic E-state index is 12.4. The molecule has 1 amide bonds. The van der Waals surface area contributed by atoms with Gasteiger partial charge in [-0.05, 0) is 32.0 Å². The van der Waals surface area contributed by atoms with Crippen molar-refractivity contribution in [3.05, 3.63) is 42.1 Å². The van der Waals surface area contributed by atoms with Crippen molar-refractivity contribution in [2.24, 2.45) is 0 Å². The smallest absolute Gasteiger partial charge is 0.239 e.